The molecule has 0 aliphatic carbocycles. The monoisotopic (exact) mass is 451 g/mol. The van der Waals surface area contributed by atoms with Gasteiger partial charge in [0, 0.05) is 31.3 Å². The van der Waals surface area contributed by atoms with E-state index in [4.69, 9.17) is 4.84 Å². The SMILES string of the molecule is CCNC(=O)c1nnn(-c2cc(C(C)C)c(O)cc2O)c1-c1ccc(CN2CCCO2)cc1. The largest absolute Gasteiger partial charge is 0.508 e. The molecule has 1 fully saturated rings. The van der Waals surface area contributed by atoms with Gasteiger partial charge in [0.25, 0.3) is 5.91 Å². The highest BCUT2D eigenvalue weighted by molar-refractivity contribution is 5.98. The van der Waals surface area contributed by atoms with Crippen LogP contribution in [0.3, 0.4) is 0 Å². The number of benzene rings is 2. The summed E-state index contributed by atoms with van der Waals surface area (Å²) in [6, 6.07) is 10.7. The van der Waals surface area contributed by atoms with Gasteiger partial charge in [0.2, 0.25) is 0 Å². The Labute approximate surface area is 192 Å². The maximum Gasteiger partial charge on any atom is 0.274 e. The molecule has 174 valence electrons. The number of nitrogens with zero attached hydrogens (tertiary/aromatic N) is 4. The third-order valence-corrected chi connectivity index (χ3v) is 5.61. The van der Waals surface area contributed by atoms with Gasteiger partial charge in [-0.3, -0.25) is 9.63 Å². The van der Waals surface area contributed by atoms with E-state index in [1.165, 1.54) is 10.7 Å². The predicted octanol–water partition coefficient (Wildman–Crippen LogP) is 3.36. The molecule has 4 rings (SSSR count). The third-order valence-electron chi connectivity index (χ3n) is 5.61. The number of hydroxylamine groups is 2. The van der Waals surface area contributed by atoms with Crippen molar-refractivity contribution in [3.05, 3.63) is 53.2 Å². The summed E-state index contributed by atoms with van der Waals surface area (Å²) in [4.78, 5) is 18.3. The number of rotatable bonds is 7. The summed E-state index contributed by atoms with van der Waals surface area (Å²) < 4.78 is 1.45. The van der Waals surface area contributed by atoms with Gasteiger partial charge in [-0.15, -0.1) is 5.10 Å². The van der Waals surface area contributed by atoms with Crippen molar-refractivity contribution in [3.8, 4) is 28.4 Å². The fraction of sp³-hybridized carbons (Fsp3) is 0.375. The summed E-state index contributed by atoms with van der Waals surface area (Å²) in [5.74, 6) is -0.486. The van der Waals surface area contributed by atoms with Gasteiger partial charge in [-0.25, -0.2) is 4.68 Å². The van der Waals surface area contributed by atoms with Crippen LogP contribution < -0.4 is 5.32 Å². The highest BCUT2D eigenvalue weighted by atomic mass is 16.7. The molecule has 1 aromatic heterocycles. The van der Waals surface area contributed by atoms with Crippen LogP contribution in [0.2, 0.25) is 0 Å². The topological polar surface area (TPSA) is 113 Å². The number of carbonyl (C=O) groups is 1. The molecule has 2 heterocycles. The Morgan fingerprint density at radius 1 is 1.18 bits per heavy atom. The Hall–Kier alpha value is -3.43. The van der Waals surface area contributed by atoms with E-state index >= 15 is 0 Å². The number of phenolic OH excluding ortho intramolecular Hbond substituents is 2. The van der Waals surface area contributed by atoms with Gasteiger partial charge >= 0.3 is 0 Å². The standard InChI is InChI=1S/C24H29N5O4/c1-4-25-24(32)22-23(17-8-6-16(7-9-17)14-28-10-5-11-33-28)29(27-26-22)19-12-18(15(2)3)20(30)13-21(19)31/h6-9,12-13,15,30-31H,4-5,10-11,14H2,1-3H3,(H,25,32). The van der Waals surface area contributed by atoms with E-state index in [2.05, 4.69) is 15.6 Å². The van der Waals surface area contributed by atoms with Crippen molar-refractivity contribution in [2.45, 2.75) is 39.7 Å². The molecule has 0 atom stereocenters. The van der Waals surface area contributed by atoms with Crippen molar-refractivity contribution in [2.75, 3.05) is 19.7 Å². The first-order valence-electron chi connectivity index (χ1n) is 11.2. The molecule has 9 heteroatoms. The number of carbonyl (C=O) groups excluding carboxylic acids is 1. The summed E-state index contributed by atoms with van der Waals surface area (Å²) >= 11 is 0. The lowest BCUT2D eigenvalue weighted by Gasteiger charge is -2.15. The smallest absolute Gasteiger partial charge is 0.274 e. The molecule has 33 heavy (non-hydrogen) atoms. The van der Waals surface area contributed by atoms with Crippen molar-refractivity contribution >= 4 is 5.91 Å². The highest BCUT2D eigenvalue weighted by Crippen LogP contribution is 2.36. The van der Waals surface area contributed by atoms with Crippen LogP contribution in [-0.4, -0.2) is 55.9 Å². The minimum Gasteiger partial charge on any atom is -0.508 e. The molecule has 1 aliphatic rings. The molecule has 1 amide bonds. The number of phenols is 2. The first-order valence-corrected chi connectivity index (χ1v) is 11.2. The van der Waals surface area contributed by atoms with Crippen molar-refractivity contribution in [3.63, 3.8) is 0 Å². The van der Waals surface area contributed by atoms with E-state index in [1.807, 2.05) is 50.1 Å². The number of hydrogen-bond donors (Lipinski definition) is 3. The van der Waals surface area contributed by atoms with E-state index in [9.17, 15) is 15.0 Å². The number of aromatic hydroxyl groups is 2. The maximum atomic E-state index is 12.7. The third kappa shape index (κ3) is 4.69. The van der Waals surface area contributed by atoms with E-state index in [1.54, 1.807) is 6.07 Å². The van der Waals surface area contributed by atoms with Gasteiger partial charge in [-0.05, 0) is 36.5 Å². The Morgan fingerprint density at radius 3 is 2.58 bits per heavy atom. The van der Waals surface area contributed by atoms with Crippen molar-refractivity contribution in [2.24, 2.45) is 0 Å². The van der Waals surface area contributed by atoms with Gasteiger partial charge in [0.05, 0.1) is 6.61 Å². The summed E-state index contributed by atoms with van der Waals surface area (Å²) in [7, 11) is 0. The van der Waals surface area contributed by atoms with Crippen molar-refractivity contribution < 1.29 is 19.8 Å². The van der Waals surface area contributed by atoms with E-state index in [0.29, 0.717) is 30.0 Å². The zero-order chi connectivity index (χ0) is 23.5. The second-order valence-corrected chi connectivity index (χ2v) is 8.36. The van der Waals surface area contributed by atoms with Gasteiger partial charge < -0.3 is 15.5 Å². The second-order valence-electron chi connectivity index (χ2n) is 8.36. The maximum absolute atomic E-state index is 12.7. The van der Waals surface area contributed by atoms with Crippen LogP contribution in [-0.2, 0) is 11.4 Å². The molecule has 9 nitrogen and oxygen atoms in total. The lowest BCUT2D eigenvalue weighted by Crippen LogP contribution is -2.23. The molecular weight excluding hydrogens is 422 g/mol. The number of aromatic nitrogens is 3. The van der Waals surface area contributed by atoms with Crippen LogP contribution in [0.5, 0.6) is 11.5 Å². The predicted molar refractivity (Wildman–Crippen MR) is 123 cm³/mol. The first-order chi connectivity index (χ1) is 15.9. The van der Waals surface area contributed by atoms with E-state index in [0.717, 1.165) is 30.7 Å². The Bertz CT molecular complexity index is 1130. The van der Waals surface area contributed by atoms with Crippen LogP contribution in [0.25, 0.3) is 16.9 Å². The molecule has 0 unspecified atom stereocenters. The number of nitrogens with one attached hydrogen (secondary N) is 1. The fourth-order valence-corrected chi connectivity index (χ4v) is 3.92. The Kier molecular flexibility index (Phi) is 6.62. The van der Waals surface area contributed by atoms with Crippen LogP contribution in [0.4, 0.5) is 0 Å². The van der Waals surface area contributed by atoms with E-state index in [-0.39, 0.29) is 29.0 Å². The average molecular weight is 452 g/mol. The molecule has 0 spiro atoms. The first kappa shape index (κ1) is 22.8. The molecule has 1 aliphatic heterocycles. The average Bonchev–Trinajstić information content (AvgIpc) is 3.44. The van der Waals surface area contributed by atoms with Gasteiger partial charge in [0.1, 0.15) is 22.9 Å². The summed E-state index contributed by atoms with van der Waals surface area (Å²) in [6.45, 7) is 8.49. The molecule has 0 bridgehead atoms. The summed E-state index contributed by atoms with van der Waals surface area (Å²) in [6.07, 6.45) is 1.02. The highest BCUT2D eigenvalue weighted by Gasteiger charge is 2.24. The van der Waals surface area contributed by atoms with Crippen LogP contribution >= 0.6 is 0 Å². The molecule has 3 N–H and O–H groups in total. The van der Waals surface area contributed by atoms with E-state index < -0.39 is 0 Å². The quantitative estimate of drug-likeness (QED) is 0.505. The molecular formula is C24H29N5O4. The van der Waals surface area contributed by atoms with Crippen LogP contribution in [0.15, 0.2) is 36.4 Å². The van der Waals surface area contributed by atoms with Crippen LogP contribution in [0, 0.1) is 0 Å². The van der Waals surface area contributed by atoms with Crippen LogP contribution in [0.1, 0.15) is 54.7 Å². The van der Waals surface area contributed by atoms with Crippen molar-refractivity contribution in [1.82, 2.24) is 25.4 Å². The Morgan fingerprint density at radius 2 is 1.94 bits per heavy atom. The fourth-order valence-electron chi connectivity index (χ4n) is 3.92. The lowest BCUT2D eigenvalue weighted by molar-refractivity contribution is -0.117. The van der Waals surface area contributed by atoms with Gasteiger partial charge in [0.15, 0.2) is 5.69 Å². The second kappa shape index (κ2) is 9.60. The van der Waals surface area contributed by atoms with Gasteiger partial charge in [-0.1, -0.05) is 43.3 Å². The normalized spacial score (nSPS) is 14.2. The van der Waals surface area contributed by atoms with Crippen molar-refractivity contribution in [1.29, 1.82) is 0 Å². The molecule has 2 aromatic carbocycles. The summed E-state index contributed by atoms with van der Waals surface area (Å²) in [5, 5.41) is 33.9. The number of amides is 1. The minimum atomic E-state index is -0.351. The number of hydrogen-bond acceptors (Lipinski definition) is 7. The molecule has 3 aromatic rings. The zero-order valence-electron chi connectivity index (χ0n) is 19.1. The molecule has 0 saturated carbocycles. The van der Waals surface area contributed by atoms with Gasteiger partial charge in [-0.2, -0.15) is 5.06 Å². The lowest BCUT2D eigenvalue weighted by atomic mass is 10.0. The Balaban J connectivity index is 1.79. The molecule has 1 saturated heterocycles. The minimum absolute atomic E-state index is 0.00495. The zero-order valence-corrected chi connectivity index (χ0v) is 19.1. The summed E-state index contributed by atoms with van der Waals surface area (Å²) in [5.41, 5.74) is 3.42. The molecule has 0 radical (unpaired) electrons.